The third-order valence-corrected chi connectivity index (χ3v) is 4.70. The van der Waals surface area contributed by atoms with Crippen molar-refractivity contribution in [1.29, 1.82) is 0 Å². The third-order valence-electron chi connectivity index (χ3n) is 3.35. The molecule has 0 bridgehead atoms. The average Bonchev–Trinajstić information content (AvgIpc) is 2.48. The van der Waals surface area contributed by atoms with Gasteiger partial charge in [-0.05, 0) is 30.2 Å². The number of benzene rings is 2. The normalized spacial score (nSPS) is 13.5. The molecule has 0 radical (unpaired) electrons. The topological polar surface area (TPSA) is 29.1 Å². The minimum atomic E-state index is -0.434. The van der Waals surface area contributed by atoms with Gasteiger partial charge >= 0.3 is 0 Å². The zero-order chi connectivity index (χ0) is 15.3. The summed E-state index contributed by atoms with van der Waals surface area (Å²) < 4.78 is 0. The van der Waals surface area contributed by atoms with Gasteiger partial charge in [0.25, 0.3) is 0 Å². The first kappa shape index (κ1) is 16.1. The number of carbonyl (C=O) groups is 1. The quantitative estimate of drug-likeness (QED) is 0.785. The molecule has 0 aliphatic rings. The number of rotatable bonds is 5. The summed E-state index contributed by atoms with van der Waals surface area (Å²) in [5.41, 5.74) is 1.54. The number of hydrogen-bond donors (Lipinski definition) is 1. The van der Waals surface area contributed by atoms with Crippen molar-refractivity contribution in [3.8, 4) is 0 Å². The lowest BCUT2D eigenvalue weighted by Gasteiger charge is -2.29. The molecule has 4 heteroatoms. The highest BCUT2D eigenvalue weighted by Gasteiger charge is 2.27. The van der Waals surface area contributed by atoms with Gasteiger partial charge in [0.05, 0.1) is 12.0 Å². The van der Waals surface area contributed by atoms with Gasteiger partial charge in [-0.15, -0.1) is 0 Å². The van der Waals surface area contributed by atoms with Gasteiger partial charge < -0.3 is 5.32 Å². The lowest BCUT2D eigenvalue weighted by molar-refractivity contribution is -0.122. The first-order valence-corrected chi connectivity index (χ1v) is 8.20. The molecule has 0 saturated heterocycles. The largest absolute Gasteiger partial charge is 0.346 e. The molecule has 1 N–H and O–H groups in total. The summed E-state index contributed by atoms with van der Waals surface area (Å²) in [5, 5.41) is 4.39. The fourth-order valence-electron chi connectivity index (χ4n) is 2.17. The van der Waals surface area contributed by atoms with Crippen LogP contribution in [-0.2, 0) is 16.8 Å². The van der Waals surface area contributed by atoms with Crippen LogP contribution in [0.1, 0.15) is 18.1 Å². The molecule has 0 heterocycles. The average molecular weight is 367 g/mol. The zero-order valence-electron chi connectivity index (χ0n) is 11.8. The monoisotopic (exact) mass is 365 g/mol. The van der Waals surface area contributed by atoms with Gasteiger partial charge in [-0.25, -0.2) is 0 Å². The second kappa shape index (κ2) is 7.10. The lowest BCUT2D eigenvalue weighted by Crippen LogP contribution is -2.45. The minimum Gasteiger partial charge on any atom is -0.346 e. The Labute approximate surface area is 138 Å². The third kappa shape index (κ3) is 4.32. The number of nitrogens with one attached hydrogen (secondary N) is 1. The van der Waals surface area contributed by atoms with Gasteiger partial charge in [-0.3, -0.25) is 4.79 Å². The van der Waals surface area contributed by atoms with E-state index in [1.54, 1.807) is 6.07 Å². The predicted octanol–water partition coefficient (Wildman–Crippen LogP) is 4.31. The van der Waals surface area contributed by atoms with Crippen LogP contribution in [0.25, 0.3) is 0 Å². The SMILES string of the molecule is CC(CBr)(NC(=O)Cc1cccc(Cl)c1)c1ccccc1. The molecule has 0 spiro atoms. The molecule has 2 nitrogen and oxygen atoms in total. The van der Waals surface area contributed by atoms with Crippen molar-refractivity contribution in [3.63, 3.8) is 0 Å². The zero-order valence-corrected chi connectivity index (χ0v) is 14.1. The fraction of sp³-hybridized carbons (Fsp3) is 0.235. The van der Waals surface area contributed by atoms with E-state index in [-0.39, 0.29) is 5.91 Å². The van der Waals surface area contributed by atoms with Crippen molar-refractivity contribution in [2.75, 3.05) is 5.33 Å². The maximum Gasteiger partial charge on any atom is 0.225 e. The van der Waals surface area contributed by atoms with E-state index in [1.165, 1.54) is 0 Å². The first-order valence-electron chi connectivity index (χ1n) is 6.70. The van der Waals surface area contributed by atoms with E-state index < -0.39 is 5.54 Å². The van der Waals surface area contributed by atoms with Crippen LogP contribution in [0.5, 0.6) is 0 Å². The van der Waals surface area contributed by atoms with Crippen LogP contribution in [-0.4, -0.2) is 11.2 Å². The molecule has 2 aromatic carbocycles. The molecule has 1 unspecified atom stereocenters. The summed E-state index contributed by atoms with van der Waals surface area (Å²) in [7, 11) is 0. The van der Waals surface area contributed by atoms with Crippen LogP contribution in [0.3, 0.4) is 0 Å². The summed E-state index contributed by atoms with van der Waals surface area (Å²) >= 11 is 9.44. The van der Waals surface area contributed by atoms with E-state index >= 15 is 0 Å². The van der Waals surface area contributed by atoms with Crippen LogP contribution < -0.4 is 5.32 Å². The summed E-state index contributed by atoms with van der Waals surface area (Å²) in [4.78, 5) is 12.3. The molecule has 2 rings (SSSR count). The highest BCUT2D eigenvalue weighted by molar-refractivity contribution is 9.09. The van der Waals surface area contributed by atoms with E-state index in [9.17, 15) is 4.79 Å². The van der Waals surface area contributed by atoms with Crippen molar-refractivity contribution < 1.29 is 4.79 Å². The Hall–Kier alpha value is -1.32. The Morgan fingerprint density at radius 1 is 1.19 bits per heavy atom. The summed E-state index contributed by atoms with van der Waals surface area (Å²) in [6.45, 7) is 2.01. The molecular weight excluding hydrogens is 350 g/mol. The maximum absolute atomic E-state index is 12.3. The van der Waals surface area contributed by atoms with Gasteiger partial charge in [-0.1, -0.05) is 70.0 Å². The Kier molecular flexibility index (Phi) is 5.43. The summed E-state index contributed by atoms with van der Waals surface area (Å²) in [6, 6.07) is 17.3. The van der Waals surface area contributed by atoms with Crippen molar-refractivity contribution >= 4 is 33.4 Å². The molecule has 2 aromatic rings. The van der Waals surface area contributed by atoms with Crippen molar-refractivity contribution in [1.82, 2.24) is 5.32 Å². The van der Waals surface area contributed by atoms with Gasteiger partial charge in [0.15, 0.2) is 0 Å². The Morgan fingerprint density at radius 3 is 2.52 bits per heavy atom. The minimum absolute atomic E-state index is 0.0249. The molecule has 21 heavy (non-hydrogen) atoms. The van der Waals surface area contributed by atoms with Crippen LogP contribution >= 0.6 is 27.5 Å². The first-order chi connectivity index (χ1) is 10.0. The van der Waals surface area contributed by atoms with Crippen molar-refractivity contribution in [2.45, 2.75) is 18.9 Å². The fourth-order valence-corrected chi connectivity index (χ4v) is 2.85. The van der Waals surface area contributed by atoms with Crippen molar-refractivity contribution in [2.24, 2.45) is 0 Å². The second-order valence-electron chi connectivity index (χ2n) is 5.19. The lowest BCUT2D eigenvalue weighted by atomic mass is 9.94. The van der Waals surface area contributed by atoms with E-state index in [1.807, 2.05) is 55.5 Å². The molecule has 110 valence electrons. The van der Waals surface area contributed by atoms with Crippen LogP contribution in [0, 0.1) is 0 Å². The van der Waals surface area contributed by atoms with E-state index in [4.69, 9.17) is 11.6 Å². The Morgan fingerprint density at radius 2 is 1.90 bits per heavy atom. The highest BCUT2D eigenvalue weighted by Crippen LogP contribution is 2.23. The Bertz CT molecular complexity index is 617. The van der Waals surface area contributed by atoms with Crippen LogP contribution in [0.15, 0.2) is 54.6 Å². The highest BCUT2D eigenvalue weighted by atomic mass is 79.9. The number of carbonyl (C=O) groups excluding carboxylic acids is 1. The molecule has 0 fully saturated rings. The Balaban J connectivity index is 2.10. The van der Waals surface area contributed by atoms with Crippen LogP contribution in [0.4, 0.5) is 0 Å². The number of alkyl halides is 1. The molecule has 1 atom stereocenters. The van der Waals surface area contributed by atoms with Gasteiger partial charge in [0, 0.05) is 10.4 Å². The smallest absolute Gasteiger partial charge is 0.225 e. The molecular formula is C17H17BrClNO. The van der Waals surface area contributed by atoms with E-state index in [0.717, 1.165) is 11.1 Å². The molecule has 0 aromatic heterocycles. The maximum atomic E-state index is 12.3. The van der Waals surface area contributed by atoms with Gasteiger partial charge in [0.1, 0.15) is 0 Å². The molecule has 1 amide bonds. The van der Waals surface area contributed by atoms with Crippen molar-refractivity contribution in [3.05, 3.63) is 70.7 Å². The summed E-state index contributed by atoms with van der Waals surface area (Å²) in [6.07, 6.45) is 0.315. The van der Waals surface area contributed by atoms with Gasteiger partial charge in [0.2, 0.25) is 5.91 Å². The predicted molar refractivity (Wildman–Crippen MR) is 90.9 cm³/mol. The van der Waals surface area contributed by atoms with E-state index in [2.05, 4.69) is 21.2 Å². The second-order valence-corrected chi connectivity index (χ2v) is 6.18. The van der Waals surface area contributed by atoms with Gasteiger partial charge in [-0.2, -0.15) is 0 Å². The number of amides is 1. The standard InChI is InChI=1S/C17H17BrClNO/c1-17(12-18,14-7-3-2-4-8-14)20-16(21)11-13-6-5-9-15(19)10-13/h2-10H,11-12H2,1H3,(H,20,21). The van der Waals surface area contributed by atoms with Crippen LogP contribution in [0.2, 0.25) is 5.02 Å². The summed E-state index contributed by atoms with van der Waals surface area (Å²) in [5.74, 6) is -0.0249. The molecule has 0 aliphatic carbocycles. The molecule has 0 saturated carbocycles. The van der Waals surface area contributed by atoms with E-state index in [0.29, 0.717) is 16.8 Å². The number of hydrogen-bond acceptors (Lipinski definition) is 1. The molecule has 0 aliphatic heterocycles. The number of halogens is 2.